The summed E-state index contributed by atoms with van der Waals surface area (Å²) in [6.45, 7) is 0. The van der Waals surface area contributed by atoms with Crippen molar-refractivity contribution in [3.8, 4) is 0 Å². The number of benzene rings is 3. The number of carbonyl (C=O) groups is 2. The first kappa shape index (κ1) is 23.8. The van der Waals surface area contributed by atoms with E-state index in [-0.39, 0.29) is 11.5 Å². The lowest BCUT2D eigenvalue weighted by molar-refractivity contribution is -0.384. The monoisotopic (exact) mass is 513 g/mol. The summed E-state index contributed by atoms with van der Waals surface area (Å²) < 4.78 is 0. The van der Waals surface area contributed by atoms with Crippen molar-refractivity contribution in [2.45, 2.75) is 6.04 Å². The molecule has 1 heterocycles. The average molecular weight is 514 g/mol. The van der Waals surface area contributed by atoms with Crippen molar-refractivity contribution in [2.24, 2.45) is 0 Å². The highest BCUT2D eigenvalue weighted by Gasteiger charge is 2.38. The number of non-ortho nitro benzene ring substituents is 1. The van der Waals surface area contributed by atoms with Crippen LogP contribution in [0.25, 0.3) is 0 Å². The fraction of sp³-hybridized carbons (Fsp3) is 0.0833. The molecular weight excluding hydrogens is 497 g/mol. The van der Waals surface area contributed by atoms with Crippen LogP contribution in [0.5, 0.6) is 0 Å². The molecule has 10 heteroatoms. The Kier molecular flexibility index (Phi) is 6.92. The van der Waals surface area contributed by atoms with E-state index < -0.39 is 17.0 Å². The second kappa shape index (κ2) is 9.89. The van der Waals surface area contributed by atoms with Crippen molar-refractivity contribution in [2.75, 3.05) is 11.2 Å². The van der Waals surface area contributed by atoms with Crippen LogP contribution >= 0.6 is 35.0 Å². The van der Waals surface area contributed by atoms with Crippen LogP contribution in [0.4, 0.5) is 16.2 Å². The van der Waals surface area contributed by atoms with Gasteiger partial charge in [0.25, 0.3) is 5.69 Å². The number of nitrogens with one attached hydrogen (secondary N) is 1. The van der Waals surface area contributed by atoms with Gasteiger partial charge in [-0.3, -0.25) is 19.8 Å². The summed E-state index contributed by atoms with van der Waals surface area (Å²) in [6.07, 6.45) is 1.78. The first-order valence-corrected chi connectivity index (χ1v) is 12.0. The number of urea groups is 1. The maximum absolute atomic E-state index is 13.8. The average Bonchev–Trinajstić information content (AvgIpc) is 2.84. The number of rotatable bonds is 6. The van der Waals surface area contributed by atoms with Gasteiger partial charge in [-0.15, -0.1) is 11.8 Å². The number of ketones is 1. The van der Waals surface area contributed by atoms with Crippen LogP contribution in [0.2, 0.25) is 10.0 Å². The molecule has 0 spiro atoms. The van der Waals surface area contributed by atoms with E-state index in [0.29, 0.717) is 37.5 Å². The van der Waals surface area contributed by atoms with Crippen molar-refractivity contribution in [1.82, 2.24) is 5.32 Å². The van der Waals surface area contributed by atoms with E-state index in [1.165, 1.54) is 40.9 Å². The number of nitrogens with zero attached hydrogens (tertiary/aromatic N) is 2. The lowest BCUT2D eigenvalue weighted by Gasteiger charge is -2.36. The molecule has 3 aromatic carbocycles. The summed E-state index contributed by atoms with van der Waals surface area (Å²) >= 11 is 13.3. The van der Waals surface area contributed by atoms with Crippen LogP contribution in [-0.4, -0.2) is 23.0 Å². The van der Waals surface area contributed by atoms with Crippen molar-refractivity contribution in [3.05, 3.63) is 115 Å². The smallest absolute Gasteiger partial charge is 0.326 e. The zero-order chi connectivity index (χ0) is 24.4. The van der Waals surface area contributed by atoms with E-state index in [2.05, 4.69) is 5.32 Å². The van der Waals surface area contributed by atoms with Gasteiger partial charge in [0.2, 0.25) is 0 Å². The van der Waals surface area contributed by atoms with Crippen molar-refractivity contribution < 1.29 is 14.5 Å². The Hall–Kier alpha value is -3.33. The second-order valence-electron chi connectivity index (χ2n) is 7.30. The number of hydrogen-bond donors (Lipinski definition) is 1. The van der Waals surface area contributed by atoms with E-state index in [9.17, 15) is 19.7 Å². The zero-order valence-electron chi connectivity index (χ0n) is 17.7. The molecule has 7 nitrogen and oxygen atoms in total. The Morgan fingerprint density at radius 2 is 1.53 bits per heavy atom. The maximum Gasteiger partial charge on any atom is 0.327 e. The molecule has 3 aromatic rings. The van der Waals surface area contributed by atoms with E-state index >= 15 is 0 Å². The SMILES string of the molecule is CSC1=C(C(=O)c2ccc(Cl)cc2)C(c2ccc([N+](=O)[O-])cc2)NC(=O)N1c1ccc(Cl)cc1. The third kappa shape index (κ3) is 4.65. The molecule has 0 saturated heterocycles. The minimum atomic E-state index is -0.817. The van der Waals surface area contributed by atoms with Crippen LogP contribution in [0.3, 0.4) is 0 Å². The highest BCUT2D eigenvalue weighted by Crippen LogP contribution is 2.40. The number of halogens is 2. The first-order valence-electron chi connectivity index (χ1n) is 9.99. The van der Waals surface area contributed by atoms with Crippen molar-refractivity contribution >= 4 is 58.2 Å². The molecule has 1 atom stereocenters. The molecule has 0 bridgehead atoms. The van der Waals surface area contributed by atoms with E-state index in [1.807, 2.05) is 0 Å². The molecule has 0 fully saturated rings. The number of nitro benzene ring substituents is 1. The van der Waals surface area contributed by atoms with Crippen LogP contribution < -0.4 is 10.2 Å². The summed E-state index contributed by atoms with van der Waals surface area (Å²) in [6, 6.07) is 17.7. The van der Waals surface area contributed by atoms with Crippen LogP contribution in [0.1, 0.15) is 22.0 Å². The van der Waals surface area contributed by atoms with Gasteiger partial charge in [0.05, 0.1) is 27.3 Å². The molecule has 1 aliphatic rings. The summed E-state index contributed by atoms with van der Waals surface area (Å²) in [5.41, 5.74) is 1.71. The third-order valence-corrected chi connectivity index (χ3v) is 6.55. The Labute approximate surface area is 209 Å². The van der Waals surface area contributed by atoms with Crippen LogP contribution in [-0.2, 0) is 0 Å². The van der Waals surface area contributed by atoms with Gasteiger partial charge in [-0.25, -0.2) is 4.79 Å². The molecule has 1 N–H and O–H groups in total. The van der Waals surface area contributed by atoms with Crippen molar-refractivity contribution in [1.29, 1.82) is 0 Å². The van der Waals surface area contributed by atoms with E-state index in [1.54, 1.807) is 54.8 Å². The van der Waals surface area contributed by atoms with Gasteiger partial charge in [0.15, 0.2) is 5.78 Å². The van der Waals surface area contributed by atoms with Crippen LogP contribution in [0.15, 0.2) is 83.4 Å². The standard InChI is InChI=1S/C24H17Cl2N3O4S/c1-34-23-20(22(30)15-2-6-16(25)7-3-15)21(14-4-10-19(11-5-14)29(32)33)27-24(31)28(23)18-12-8-17(26)9-13-18/h2-13,21H,1H3,(H,27,31). The minimum Gasteiger partial charge on any atom is -0.326 e. The molecule has 0 radical (unpaired) electrons. The van der Waals surface area contributed by atoms with Gasteiger partial charge in [-0.1, -0.05) is 23.2 Å². The molecular formula is C24H17Cl2N3O4S. The van der Waals surface area contributed by atoms with Gasteiger partial charge >= 0.3 is 6.03 Å². The summed E-state index contributed by atoms with van der Waals surface area (Å²) in [7, 11) is 0. The van der Waals surface area contributed by atoms with Gasteiger partial charge in [0.1, 0.15) is 0 Å². The highest BCUT2D eigenvalue weighted by atomic mass is 35.5. The minimum absolute atomic E-state index is 0.0895. The number of carbonyl (C=O) groups excluding carboxylic acids is 2. The number of amides is 2. The maximum atomic E-state index is 13.8. The molecule has 0 saturated carbocycles. The van der Waals surface area contributed by atoms with Gasteiger partial charge in [-0.05, 0) is 72.5 Å². The van der Waals surface area contributed by atoms with E-state index in [0.717, 1.165) is 0 Å². The molecule has 34 heavy (non-hydrogen) atoms. The quantitative estimate of drug-likeness (QED) is 0.227. The predicted octanol–water partition coefficient (Wildman–Crippen LogP) is 6.63. The molecule has 2 amide bonds. The summed E-state index contributed by atoms with van der Waals surface area (Å²) in [5, 5.41) is 15.4. The van der Waals surface area contributed by atoms with Gasteiger partial charge in [-0.2, -0.15) is 0 Å². The van der Waals surface area contributed by atoms with Crippen LogP contribution in [0, 0.1) is 10.1 Å². The second-order valence-corrected chi connectivity index (χ2v) is 8.97. The molecule has 0 aliphatic carbocycles. The lowest BCUT2D eigenvalue weighted by Crippen LogP contribution is -2.48. The molecule has 1 aliphatic heterocycles. The zero-order valence-corrected chi connectivity index (χ0v) is 20.0. The summed E-state index contributed by atoms with van der Waals surface area (Å²) in [4.78, 5) is 39.0. The number of thioether (sulfide) groups is 1. The topological polar surface area (TPSA) is 92.5 Å². The number of nitro groups is 1. The highest BCUT2D eigenvalue weighted by molar-refractivity contribution is 8.02. The lowest BCUT2D eigenvalue weighted by atomic mass is 9.91. The molecule has 1 unspecified atom stereocenters. The fourth-order valence-electron chi connectivity index (χ4n) is 3.65. The Morgan fingerprint density at radius 1 is 0.971 bits per heavy atom. The normalized spacial score (nSPS) is 15.8. The molecule has 0 aromatic heterocycles. The number of Topliss-reactive ketones (excluding diaryl/α,β-unsaturated/α-hetero) is 1. The Morgan fingerprint density at radius 3 is 2.06 bits per heavy atom. The predicted molar refractivity (Wildman–Crippen MR) is 135 cm³/mol. The number of hydrogen-bond acceptors (Lipinski definition) is 5. The Balaban J connectivity index is 1.90. The molecule has 172 valence electrons. The number of anilines is 1. The Bertz CT molecular complexity index is 1290. The summed E-state index contributed by atoms with van der Waals surface area (Å²) in [5.74, 6) is -0.302. The fourth-order valence-corrected chi connectivity index (χ4v) is 4.70. The van der Waals surface area contributed by atoms with Gasteiger partial charge in [0, 0.05) is 27.7 Å². The third-order valence-electron chi connectivity index (χ3n) is 5.26. The largest absolute Gasteiger partial charge is 0.327 e. The van der Waals surface area contributed by atoms with Crippen molar-refractivity contribution in [3.63, 3.8) is 0 Å². The molecule has 4 rings (SSSR count). The van der Waals surface area contributed by atoms with E-state index in [4.69, 9.17) is 23.2 Å². The first-order chi connectivity index (χ1) is 16.3. The van der Waals surface area contributed by atoms with Gasteiger partial charge < -0.3 is 5.32 Å².